The van der Waals surface area contributed by atoms with Crippen molar-refractivity contribution in [1.82, 2.24) is 14.9 Å². The minimum Gasteiger partial charge on any atom is -0.341 e. The molecular weight excluding hydrogens is 448 g/mol. The van der Waals surface area contributed by atoms with E-state index < -0.39 is 0 Å². The van der Waals surface area contributed by atoms with Crippen LogP contribution >= 0.6 is 22.9 Å². The molecule has 0 aliphatic carbocycles. The first kappa shape index (κ1) is 21.0. The summed E-state index contributed by atoms with van der Waals surface area (Å²) in [6.45, 7) is 1.77. The molecule has 3 heterocycles. The number of piperidine rings is 1. The van der Waals surface area contributed by atoms with Crippen LogP contribution in [0.15, 0.2) is 47.3 Å². The Hall–Kier alpha value is -2.84. The summed E-state index contributed by atoms with van der Waals surface area (Å²) in [7, 11) is 0. The molecule has 0 radical (unpaired) electrons. The molecule has 0 unspecified atom stereocenters. The molecular formula is C23H23ClN4O3S. The van der Waals surface area contributed by atoms with Crippen LogP contribution in [0.3, 0.4) is 0 Å². The molecule has 2 aromatic carbocycles. The smallest absolute Gasteiger partial charge is 0.308 e. The second-order valence-electron chi connectivity index (χ2n) is 8.23. The van der Waals surface area contributed by atoms with Crippen molar-refractivity contribution < 1.29 is 9.59 Å². The third-order valence-electron chi connectivity index (χ3n) is 6.27. The van der Waals surface area contributed by atoms with E-state index in [9.17, 15) is 14.4 Å². The number of aromatic nitrogens is 1. The predicted molar refractivity (Wildman–Crippen MR) is 126 cm³/mol. The molecule has 1 saturated heterocycles. The van der Waals surface area contributed by atoms with Gasteiger partial charge in [0.05, 0.1) is 15.9 Å². The summed E-state index contributed by atoms with van der Waals surface area (Å²) >= 11 is 7.18. The van der Waals surface area contributed by atoms with Crippen LogP contribution in [0.25, 0.3) is 10.2 Å². The highest BCUT2D eigenvalue weighted by molar-refractivity contribution is 7.16. The molecule has 1 fully saturated rings. The van der Waals surface area contributed by atoms with Crippen LogP contribution in [0.4, 0.5) is 5.69 Å². The maximum Gasteiger partial charge on any atom is 0.308 e. The standard InChI is InChI=1S/C23H23ClN4O3S/c24-17-5-6-20-19(13-17)27(23(31)32-20)14-21(29)26-10-7-16(8-11-26)22(30)25-28-12-9-15-3-1-2-4-18(15)28/h1-6,13,16H,7-12,14H2,(H,25,30). The molecule has 5 rings (SSSR count). The SMILES string of the molecule is O=C(NN1CCc2ccccc21)C1CCN(C(=O)Cn2c(=O)sc3ccc(Cl)cc32)CC1. The first-order valence-electron chi connectivity index (χ1n) is 10.7. The molecule has 9 heteroatoms. The van der Waals surface area contributed by atoms with Gasteiger partial charge in [-0.25, -0.2) is 0 Å². The molecule has 166 valence electrons. The Labute approximate surface area is 194 Å². The van der Waals surface area contributed by atoms with Gasteiger partial charge in [-0.3, -0.25) is 29.4 Å². The maximum absolute atomic E-state index is 12.9. The van der Waals surface area contributed by atoms with Gasteiger partial charge < -0.3 is 4.90 Å². The molecule has 0 atom stereocenters. The van der Waals surface area contributed by atoms with Crippen LogP contribution in [-0.2, 0) is 22.6 Å². The van der Waals surface area contributed by atoms with Gasteiger partial charge in [0, 0.05) is 30.6 Å². The van der Waals surface area contributed by atoms with Gasteiger partial charge in [0.2, 0.25) is 11.8 Å². The molecule has 32 heavy (non-hydrogen) atoms. The molecule has 3 aromatic rings. The van der Waals surface area contributed by atoms with E-state index in [-0.39, 0.29) is 29.1 Å². The Morgan fingerprint density at radius 1 is 1.09 bits per heavy atom. The number of hydrogen-bond acceptors (Lipinski definition) is 5. The van der Waals surface area contributed by atoms with Crippen molar-refractivity contribution in [3.63, 3.8) is 0 Å². The summed E-state index contributed by atoms with van der Waals surface area (Å²) in [4.78, 5) is 39.6. The Kier molecular flexibility index (Phi) is 5.65. The fourth-order valence-corrected chi connectivity index (χ4v) is 5.53. The number of carbonyl (C=O) groups is 2. The highest BCUT2D eigenvalue weighted by atomic mass is 35.5. The number of rotatable bonds is 4. The fraction of sp³-hybridized carbons (Fsp3) is 0.348. The molecule has 0 spiro atoms. The molecule has 2 amide bonds. The molecule has 1 aromatic heterocycles. The van der Waals surface area contributed by atoms with Crippen LogP contribution in [0.2, 0.25) is 5.02 Å². The lowest BCUT2D eigenvalue weighted by Crippen LogP contribution is -2.48. The number of hydrazine groups is 1. The average molecular weight is 471 g/mol. The third-order valence-corrected chi connectivity index (χ3v) is 7.47. The average Bonchev–Trinajstić information content (AvgIpc) is 3.34. The van der Waals surface area contributed by atoms with Crippen LogP contribution in [0.1, 0.15) is 18.4 Å². The first-order chi connectivity index (χ1) is 15.5. The summed E-state index contributed by atoms with van der Waals surface area (Å²) in [5.74, 6) is -0.238. The van der Waals surface area contributed by atoms with E-state index in [1.807, 2.05) is 23.2 Å². The van der Waals surface area contributed by atoms with Gasteiger partial charge in [-0.1, -0.05) is 41.1 Å². The number of hydrogen-bond donors (Lipinski definition) is 1. The van der Waals surface area contributed by atoms with Crippen molar-refractivity contribution in [2.45, 2.75) is 25.8 Å². The van der Waals surface area contributed by atoms with E-state index in [0.29, 0.717) is 36.5 Å². The number of anilines is 1. The number of carbonyl (C=O) groups excluding carboxylic acids is 2. The zero-order valence-corrected chi connectivity index (χ0v) is 19.0. The number of fused-ring (bicyclic) bond motifs is 2. The summed E-state index contributed by atoms with van der Waals surface area (Å²) in [6, 6.07) is 13.3. The van der Waals surface area contributed by atoms with E-state index in [4.69, 9.17) is 11.6 Å². The van der Waals surface area contributed by atoms with Crippen molar-refractivity contribution in [3.8, 4) is 0 Å². The number of nitrogens with zero attached hydrogens (tertiary/aromatic N) is 3. The number of thiazole rings is 1. The number of nitrogens with one attached hydrogen (secondary N) is 1. The highest BCUT2D eigenvalue weighted by Gasteiger charge is 2.30. The Morgan fingerprint density at radius 3 is 2.69 bits per heavy atom. The van der Waals surface area contributed by atoms with Gasteiger partial charge in [0.1, 0.15) is 6.54 Å². The van der Waals surface area contributed by atoms with Crippen LogP contribution in [0.5, 0.6) is 0 Å². The quantitative estimate of drug-likeness (QED) is 0.636. The second-order valence-corrected chi connectivity index (χ2v) is 9.66. The Balaban J connectivity index is 1.19. The van der Waals surface area contributed by atoms with Crippen LogP contribution < -0.4 is 15.3 Å². The number of amides is 2. The summed E-state index contributed by atoms with van der Waals surface area (Å²) < 4.78 is 2.30. The van der Waals surface area contributed by atoms with E-state index in [1.54, 1.807) is 23.1 Å². The minimum absolute atomic E-state index is 0.00323. The highest BCUT2D eigenvalue weighted by Crippen LogP contribution is 2.27. The van der Waals surface area contributed by atoms with E-state index in [2.05, 4.69) is 11.5 Å². The Morgan fingerprint density at radius 2 is 1.88 bits per heavy atom. The number of likely N-dealkylation sites (tertiary alicyclic amines) is 1. The van der Waals surface area contributed by atoms with Gasteiger partial charge in [-0.2, -0.15) is 0 Å². The summed E-state index contributed by atoms with van der Waals surface area (Å²) in [5.41, 5.74) is 6.03. The largest absolute Gasteiger partial charge is 0.341 e. The molecule has 2 aliphatic heterocycles. The lowest BCUT2D eigenvalue weighted by Gasteiger charge is -2.32. The molecule has 0 saturated carbocycles. The van der Waals surface area contributed by atoms with E-state index in [0.717, 1.165) is 34.7 Å². The van der Waals surface area contributed by atoms with Crippen LogP contribution in [-0.4, -0.2) is 40.9 Å². The maximum atomic E-state index is 12.9. The molecule has 1 N–H and O–H groups in total. The zero-order chi connectivity index (χ0) is 22.2. The van der Waals surface area contributed by atoms with Crippen molar-refractivity contribution in [2.24, 2.45) is 5.92 Å². The van der Waals surface area contributed by atoms with Gasteiger partial charge in [0.15, 0.2) is 0 Å². The van der Waals surface area contributed by atoms with Crippen molar-refractivity contribution in [3.05, 3.63) is 62.7 Å². The first-order valence-corrected chi connectivity index (χ1v) is 11.9. The van der Waals surface area contributed by atoms with Crippen molar-refractivity contribution in [1.29, 1.82) is 0 Å². The van der Waals surface area contributed by atoms with E-state index >= 15 is 0 Å². The molecule has 7 nitrogen and oxygen atoms in total. The Bertz CT molecular complexity index is 1250. The van der Waals surface area contributed by atoms with Crippen molar-refractivity contribution >= 4 is 50.7 Å². The molecule has 0 bridgehead atoms. The molecule has 2 aliphatic rings. The normalized spacial score (nSPS) is 16.4. The summed E-state index contributed by atoms with van der Waals surface area (Å²) in [6.07, 6.45) is 2.14. The van der Waals surface area contributed by atoms with Gasteiger partial charge in [-0.05, 0) is 49.1 Å². The number of benzene rings is 2. The number of halogens is 1. The fourth-order valence-electron chi connectivity index (χ4n) is 4.49. The lowest BCUT2D eigenvalue weighted by molar-refractivity contribution is -0.136. The van der Waals surface area contributed by atoms with Crippen LogP contribution in [0, 0.1) is 5.92 Å². The van der Waals surface area contributed by atoms with E-state index in [1.165, 1.54) is 10.1 Å². The topological polar surface area (TPSA) is 74.7 Å². The second kappa shape index (κ2) is 8.60. The number of para-hydroxylation sites is 1. The summed E-state index contributed by atoms with van der Waals surface area (Å²) in [5, 5.41) is 2.46. The van der Waals surface area contributed by atoms with Crippen molar-refractivity contribution in [2.75, 3.05) is 24.6 Å². The predicted octanol–water partition coefficient (Wildman–Crippen LogP) is 3.05. The van der Waals surface area contributed by atoms with Gasteiger partial charge in [-0.15, -0.1) is 0 Å². The lowest BCUT2D eigenvalue weighted by atomic mass is 9.96. The zero-order valence-electron chi connectivity index (χ0n) is 17.4. The minimum atomic E-state index is -0.171. The van der Waals surface area contributed by atoms with Gasteiger partial charge >= 0.3 is 4.87 Å². The van der Waals surface area contributed by atoms with Gasteiger partial charge in [0.25, 0.3) is 0 Å². The monoisotopic (exact) mass is 470 g/mol. The third kappa shape index (κ3) is 4.00.